The molecule has 0 saturated carbocycles. The van der Waals surface area contributed by atoms with Gasteiger partial charge < -0.3 is 16.2 Å². The highest BCUT2D eigenvalue weighted by molar-refractivity contribution is 5.94. The largest absolute Gasteiger partial charge is 0.483 e. The molecule has 1 aromatic rings. The van der Waals surface area contributed by atoms with Crippen LogP contribution in [0.15, 0.2) is 12.1 Å². The van der Waals surface area contributed by atoms with Crippen LogP contribution in [0.5, 0.6) is 5.75 Å². The second-order valence-corrected chi connectivity index (χ2v) is 3.63. The first-order valence-electron chi connectivity index (χ1n) is 4.99. The average molecular weight is 237 g/mol. The molecule has 6 heteroatoms. The molecule has 1 aromatic carbocycles. The van der Waals surface area contributed by atoms with Gasteiger partial charge in [0.15, 0.2) is 6.61 Å². The molecule has 5 N–H and O–H groups in total. The smallest absolute Gasteiger partial charge is 0.318 e. The number of primary amides is 1. The van der Waals surface area contributed by atoms with E-state index in [2.05, 4.69) is 0 Å². The number of benzene rings is 1. The Morgan fingerprint density at radius 1 is 1.35 bits per heavy atom. The van der Waals surface area contributed by atoms with Crippen molar-refractivity contribution in [2.24, 2.45) is 5.73 Å². The van der Waals surface area contributed by atoms with E-state index in [9.17, 15) is 9.59 Å². The van der Waals surface area contributed by atoms with Crippen LogP contribution in [0.2, 0.25) is 0 Å². The van der Waals surface area contributed by atoms with E-state index in [1.807, 2.05) is 12.2 Å². The molecule has 1 rings (SSSR count). The molecule has 0 bridgehead atoms. The van der Waals surface area contributed by atoms with E-state index in [0.29, 0.717) is 11.4 Å². The molecule has 0 aliphatic rings. The summed E-state index contributed by atoms with van der Waals surface area (Å²) >= 11 is 0. The summed E-state index contributed by atoms with van der Waals surface area (Å²) in [5.74, 6) is -0.0525. The molecule has 0 fully saturated rings. The first-order chi connectivity index (χ1) is 7.91. The van der Waals surface area contributed by atoms with E-state index < -0.39 is 11.9 Å². The van der Waals surface area contributed by atoms with Crippen molar-refractivity contribution in [3.05, 3.63) is 23.3 Å². The van der Waals surface area contributed by atoms with E-state index >= 15 is 0 Å². The molecule has 0 spiro atoms. The number of ether oxygens (including phenoxy) is 1. The lowest BCUT2D eigenvalue weighted by molar-refractivity contribution is -0.121. The lowest BCUT2D eigenvalue weighted by Crippen LogP contribution is -2.38. The number of hydrogen-bond acceptors (Lipinski definition) is 4. The number of carbonyl (C=O) groups excluding carboxylic acids is 2. The quantitative estimate of drug-likeness (QED) is 0.663. The third kappa shape index (κ3) is 3.37. The Balaban J connectivity index is 2.73. The van der Waals surface area contributed by atoms with Crippen molar-refractivity contribution in [1.82, 2.24) is 5.32 Å². The molecule has 92 valence electrons. The van der Waals surface area contributed by atoms with Gasteiger partial charge in [-0.2, -0.15) is 0 Å². The Hall–Kier alpha value is -2.24. The summed E-state index contributed by atoms with van der Waals surface area (Å²) in [4.78, 5) is 21.6. The van der Waals surface area contributed by atoms with Crippen molar-refractivity contribution in [2.75, 3.05) is 12.3 Å². The molecular weight excluding hydrogens is 222 g/mol. The number of nitrogens with two attached hydrogens (primary N) is 2. The minimum absolute atomic E-state index is 0.284. The number of hydrogen-bond donors (Lipinski definition) is 3. The van der Waals surface area contributed by atoms with Crippen molar-refractivity contribution in [3.8, 4) is 5.75 Å². The maximum absolute atomic E-state index is 11.2. The summed E-state index contributed by atoms with van der Waals surface area (Å²) in [6, 6.07) is 2.66. The Bertz CT molecular complexity index is 458. The summed E-state index contributed by atoms with van der Waals surface area (Å²) < 4.78 is 5.31. The second-order valence-electron chi connectivity index (χ2n) is 3.63. The van der Waals surface area contributed by atoms with Gasteiger partial charge in [-0.15, -0.1) is 0 Å². The molecule has 0 atom stereocenters. The first kappa shape index (κ1) is 12.8. The molecule has 0 heterocycles. The van der Waals surface area contributed by atoms with Gasteiger partial charge in [-0.05, 0) is 25.5 Å². The number of amides is 3. The maximum Gasteiger partial charge on any atom is 0.318 e. The van der Waals surface area contributed by atoms with Crippen molar-refractivity contribution in [1.29, 1.82) is 0 Å². The average Bonchev–Trinajstić information content (AvgIpc) is 2.23. The molecule has 0 aliphatic heterocycles. The Morgan fingerprint density at radius 2 is 2.00 bits per heavy atom. The molecule has 0 aliphatic carbocycles. The van der Waals surface area contributed by atoms with Crippen molar-refractivity contribution in [2.45, 2.75) is 13.8 Å². The van der Waals surface area contributed by atoms with Crippen molar-refractivity contribution in [3.63, 3.8) is 0 Å². The van der Waals surface area contributed by atoms with E-state index in [0.717, 1.165) is 11.1 Å². The fourth-order valence-corrected chi connectivity index (χ4v) is 1.38. The number of urea groups is 1. The monoisotopic (exact) mass is 237 g/mol. The topological polar surface area (TPSA) is 107 Å². The third-order valence-corrected chi connectivity index (χ3v) is 2.25. The number of nitrogen functional groups attached to an aromatic ring is 1. The normalized spacial score (nSPS) is 9.76. The van der Waals surface area contributed by atoms with Gasteiger partial charge in [-0.25, -0.2) is 4.79 Å². The molecule has 0 unspecified atom stereocenters. The fourth-order valence-electron chi connectivity index (χ4n) is 1.38. The molecule has 6 nitrogen and oxygen atoms in total. The number of aryl methyl sites for hydroxylation is 1. The van der Waals surface area contributed by atoms with Crippen LogP contribution in [0, 0.1) is 13.8 Å². The van der Waals surface area contributed by atoms with Crippen LogP contribution in [0.1, 0.15) is 11.1 Å². The highest BCUT2D eigenvalue weighted by Crippen LogP contribution is 2.27. The van der Waals surface area contributed by atoms with Gasteiger partial charge in [-0.1, -0.05) is 6.07 Å². The summed E-state index contributed by atoms with van der Waals surface area (Å²) in [6.07, 6.45) is 0. The number of rotatable bonds is 3. The van der Waals surface area contributed by atoms with Crippen LogP contribution in [-0.2, 0) is 4.79 Å². The minimum Gasteiger partial charge on any atom is -0.483 e. The molecule has 17 heavy (non-hydrogen) atoms. The number of carbonyl (C=O) groups is 2. The van der Waals surface area contributed by atoms with E-state index in [-0.39, 0.29) is 6.61 Å². The van der Waals surface area contributed by atoms with E-state index in [1.165, 1.54) is 0 Å². The highest BCUT2D eigenvalue weighted by Gasteiger charge is 2.10. The van der Waals surface area contributed by atoms with Crippen LogP contribution < -0.4 is 21.5 Å². The predicted octanol–water partition coefficient (Wildman–Crippen LogP) is 0.459. The summed E-state index contributed by atoms with van der Waals surface area (Å²) in [6.45, 7) is 3.35. The van der Waals surface area contributed by atoms with Gasteiger partial charge in [0, 0.05) is 11.3 Å². The fraction of sp³-hybridized carbons (Fsp3) is 0.273. The van der Waals surface area contributed by atoms with Gasteiger partial charge in [0.1, 0.15) is 5.75 Å². The maximum atomic E-state index is 11.2. The summed E-state index contributed by atoms with van der Waals surface area (Å²) in [5.41, 5.74) is 12.7. The lowest BCUT2D eigenvalue weighted by atomic mass is 10.1. The zero-order valence-corrected chi connectivity index (χ0v) is 9.74. The zero-order chi connectivity index (χ0) is 13.0. The summed E-state index contributed by atoms with van der Waals surface area (Å²) in [5, 5.41) is 1.91. The first-order valence-corrected chi connectivity index (χ1v) is 4.99. The van der Waals surface area contributed by atoms with Gasteiger partial charge >= 0.3 is 6.03 Å². The number of imide groups is 1. The zero-order valence-electron chi connectivity index (χ0n) is 9.74. The highest BCUT2D eigenvalue weighted by atomic mass is 16.5. The van der Waals surface area contributed by atoms with Crippen molar-refractivity contribution < 1.29 is 14.3 Å². The SMILES string of the molecule is Cc1ccc(N)c(C)c1OCC(=O)NC(N)=O. The minimum atomic E-state index is -0.903. The standard InChI is InChI=1S/C11H15N3O3/c1-6-3-4-8(12)7(2)10(6)17-5-9(15)14-11(13)16/h3-4H,5,12H2,1-2H3,(H3,13,14,15,16). The van der Waals surface area contributed by atoms with Gasteiger partial charge in [0.05, 0.1) is 0 Å². The van der Waals surface area contributed by atoms with Crippen LogP contribution >= 0.6 is 0 Å². The van der Waals surface area contributed by atoms with Gasteiger partial charge in [0.25, 0.3) is 5.91 Å². The Kier molecular flexibility index (Phi) is 3.92. The van der Waals surface area contributed by atoms with Crippen molar-refractivity contribution >= 4 is 17.6 Å². The van der Waals surface area contributed by atoms with Gasteiger partial charge in [0.2, 0.25) is 0 Å². The van der Waals surface area contributed by atoms with Crippen LogP contribution in [0.25, 0.3) is 0 Å². The number of anilines is 1. The Labute approximate surface area is 98.9 Å². The molecular formula is C11H15N3O3. The van der Waals surface area contributed by atoms with Crippen LogP contribution in [-0.4, -0.2) is 18.5 Å². The lowest BCUT2D eigenvalue weighted by Gasteiger charge is -2.13. The second kappa shape index (κ2) is 5.20. The van der Waals surface area contributed by atoms with E-state index in [1.54, 1.807) is 19.1 Å². The van der Waals surface area contributed by atoms with Gasteiger partial charge in [-0.3, -0.25) is 10.1 Å². The van der Waals surface area contributed by atoms with Crippen LogP contribution in [0.4, 0.5) is 10.5 Å². The predicted molar refractivity (Wildman–Crippen MR) is 63.5 cm³/mol. The molecule has 0 aromatic heterocycles. The molecule has 0 saturated heterocycles. The molecule has 0 radical (unpaired) electrons. The molecule has 3 amide bonds. The Morgan fingerprint density at radius 3 is 2.59 bits per heavy atom. The van der Waals surface area contributed by atoms with Crippen LogP contribution in [0.3, 0.4) is 0 Å². The number of nitrogens with one attached hydrogen (secondary N) is 1. The third-order valence-electron chi connectivity index (χ3n) is 2.25. The summed E-state index contributed by atoms with van der Waals surface area (Å²) in [7, 11) is 0. The van der Waals surface area contributed by atoms with E-state index in [4.69, 9.17) is 16.2 Å².